The van der Waals surface area contributed by atoms with E-state index in [0.29, 0.717) is 5.92 Å². The summed E-state index contributed by atoms with van der Waals surface area (Å²) in [5.41, 5.74) is 5.86. The lowest BCUT2D eigenvalue weighted by Gasteiger charge is -2.27. The lowest BCUT2D eigenvalue weighted by molar-refractivity contribution is 0.235. The highest BCUT2D eigenvalue weighted by Crippen LogP contribution is 2.26. The van der Waals surface area contributed by atoms with Crippen molar-refractivity contribution in [3.63, 3.8) is 0 Å². The van der Waals surface area contributed by atoms with Crippen LogP contribution in [0, 0.1) is 20.8 Å². The molecule has 1 N–H and O–H groups in total. The normalized spacial score (nSPS) is 18.2. The quantitative estimate of drug-likeness (QED) is 0.885. The van der Waals surface area contributed by atoms with Gasteiger partial charge in [0.1, 0.15) is 0 Å². The van der Waals surface area contributed by atoms with Gasteiger partial charge in [-0.2, -0.15) is 0 Å². The summed E-state index contributed by atoms with van der Waals surface area (Å²) in [4.78, 5) is 2.59. The molecule has 0 bridgehead atoms. The largest absolute Gasteiger partial charge is 0.314 e. The van der Waals surface area contributed by atoms with Crippen LogP contribution in [-0.4, -0.2) is 37.6 Å². The summed E-state index contributed by atoms with van der Waals surface area (Å²) >= 11 is 0. The second-order valence-corrected chi connectivity index (χ2v) is 6.43. The molecular weight excluding hydrogens is 244 g/mol. The van der Waals surface area contributed by atoms with Crippen molar-refractivity contribution in [1.29, 1.82) is 0 Å². The van der Waals surface area contributed by atoms with Crippen molar-refractivity contribution in [2.45, 2.75) is 46.5 Å². The highest BCUT2D eigenvalue weighted by Gasteiger charge is 2.12. The molecule has 20 heavy (non-hydrogen) atoms. The number of benzene rings is 1. The topological polar surface area (TPSA) is 15.3 Å². The molecule has 0 aliphatic carbocycles. The number of rotatable bonds is 5. The molecule has 0 spiro atoms. The van der Waals surface area contributed by atoms with Crippen LogP contribution in [0.15, 0.2) is 12.1 Å². The van der Waals surface area contributed by atoms with Gasteiger partial charge in [0.25, 0.3) is 0 Å². The summed E-state index contributed by atoms with van der Waals surface area (Å²) in [5.74, 6) is 0.678. The highest BCUT2D eigenvalue weighted by molar-refractivity contribution is 5.38. The molecule has 1 atom stereocenters. The standard InChI is InChI=1S/C18H30N2/c1-14(6-5-9-20-10-7-19-8-11-20)18-13-16(3)15(2)12-17(18)4/h12-14,19H,5-11H2,1-4H3. The van der Waals surface area contributed by atoms with Gasteiger partial charge in [-0.15, -0.1) is 0 Å². The van der Waals surface area contributed by atoms with Gasteiger partial charge in [-0.25, -0.2) is 0 Å². The lowest BCUT2D eigenvalue weighted by atomic mass is 9.89. The smallest absolute Gasteiger partial charge is 0.0107 e. The number of hydrogen-bond donors (Lipinski definition) is 1. The molecule has 1 unspecified atom stereocenters. The van der Waals surface area contributed by atoms with Gasteiger partial charge in [-0.3, -0.25) is 0 Å². The monoisotopic (exact) mass is 274 g/mol. The Morgan fingerprint density at radius 1 is 1.05 bits per heavy atom. The molecule has 0 aromatic heterocycles. The summed E-state index contributed by atoms with van der Waals surface area (Å²) in [6, 6.07) is 4.75. The van der Waals surface area contributed by atoms with Crippen LogP contribution in [0.5, 0.6) is 0 Å². The predicted molar refractivity (Wildman–Crippen MR) is 87.6 cm³/mol. The molecule has 1 fully saturated rings. The molecule has 1 aromatic carbocycles. The minimum atomic E-state index is 0.678. The average Bonchev–Trinajstić information content (AvgIpc) is 2.44. The second kappa shape index (κ2) is 7.24. The molecule has 2 heteroatoms. The first-order chi connectivity index (χ1) is 9.58. The fraction of sp³-hybridized carbons (Fsp3) is 0.667. The molecule has 2 rings (SSSR count). The van der Waals surface area contributed by atoms with E-state index in [1.165, 1.54) is 49.2 Å². The Kier molecular flexibility index (Phi) is 5.62. The van der Waals surface area contributed by atoms with Crippen molar-refractivity contribution in [3.05, 3.63) is 34.4 Å². The molecule has 2 nitrogen and oxygen atoms in total. The first-order valence-electron chi connectivity index (χ1n) is 8.08. The maximum absolute atomic E-state index is 3.42. The minimum absolute atomic E-state index is 0.678. The Morgan fingerprint density at radius 3 is 2.40 bits per heavy atom. The van der Waals surface area contributed by atoms with Gasteiger partial charge in [0.15, 0.2) is 0 Å². The third-order valence-electron chi connectivity index (χ3n) is 4.73. The van der Waals surface area contributed by atoms with E-state index in [2.05, 4.69) is 50.0 Å². The van der Waals surface area contributed by atoms with Gasteiger partial charge >= 0.3 is 0 Å². The van der Waals surface area contributed by atoms with Crippen LogP contribution < -0.4 is 5.32 Å². The van der Waals surface area contributed by atoms with Crippen molar-refractivity contribution in [3.8, 4) is 0 Å². The van der Waals surface area contributed by atoms with Crippen LogP contribution in [0.3, 0.4) is 0 Å². The molecule has 0 radical (unpaired) electrons. The van der Waals surface area contributed by atoms with E-state index in [9.17, 15) is 0 Å². The van der Waals surface area contributed by atoms with E-state index in [0.717, 1.165) is 13.1 Å². The number of piperazine rings is 1. The molecule has 1 aliphatic heterocycles. The summed E-state index contributed by atoms with van der Waals surface area (Å²) in [6.45, 7) is 15.1. The number of nitrogens with one attached hydrogen (secondary N) is 1. The summed E-state index contributed by atoms with van der Waals surface area (Å²) in [5, 5.41) is 3.42. The van der Waals surface area contributed by atoms with Gasteiger partial charge in [0.2, 0.25) is 0 Å². The first kappa shape index (κ1) is 15.5. The van der Waals surface area contributed by atoms with Crippen LogP contribution in [0.4, 0.5) is 0 Å². The van der Waals surface area contributed by atoms with Crippen molar-refractivity contribution < 1.29 is 0 Å². The maximum Gasteiger partial charge on any atom is 0.0107 e. The first-order valence-corrected chi connectivity index (χ1v) is 8.08. The third-order valence-corrected chi connectivity index (χ3v) is 4.73. The van der Waals surface area contributed by atoms with Crippen LogP contribution in [0.2, 0.25) is 0 Å². The zero-order chi connectivity index (χ0) is 14.5. The second-order valence-electron chi connectivity index (χ2n) is 6.43. The van der Waals surface area contributed by atoms with Crippen LogP contribution in [0.1, 0.15) is 47.9 Å². The number of hydrogen-bond acceptors (Lipinski definition) is 2. The Morgan fingerprint density at radius 2 is 1.70 bits per heavy atom. The van der Waals surface area contributed by atoms with Crippen molar-refractivity contribution >= 4 is 0 Å². The fourth-order valence-corrected chi connectivity index (χ4v) is 3.23. The van der Waals surface area contributed by atoms with E-state index >= 15 is 0 Å². The Hall–Kier alpha value is -0.860. The molecule has 1 aliphatic rings. The van der Waals surface area contributed by atoms with Gasteiger partial charge in [-0.05, 0) is 68.3 Å². The summed E-state index contributed by atoms with van der Waals surface area (Å²) in [6.07, 6.45) is 2.61. The van der Waals surface area contributed by atoms with Crippen LogP contribution >= 0.6 is 0 Å². The van der Waals surface area contributed by atoms with E-state index < -0.39 is 0 Å². The zero-order valence-electron chi connectivity index (χ0n) is 13.6. The van der Waals surface area contributed by atoms with Crippen LogP contribution in [0.25, 0.3) is 0 Å². The van der Waals surface area contributed by atoms with Gasteiger partial charge in [0, 0.05) is 26.2 Å². The Labute approximate surface area is 124 Å². The molecular formula is C18H30N2. The maximum atomic E-state index is 3.42. The molecule has 1 aromatic rings. The zero-order valence-corrected chi connectivity index (χ0v) is 13.6. The molecule has 1 heterocycles. The van der Waals surface area contributed by atoms with Gasteiger partial charge < -0.3 is 10.2 Å². The average molecular weight is 274 g/mol. The fourth-order valence-electron chi connectivity index (χ4n) is 3.23. The minimum Gasteiger partial charge on any atom is -0.314 e. The van der Waals surface area contributed by atoms with Crippen LogP contribution in [-0.2, 0) is 0 Å². The number of aryl methyl sites for hydroxylation is 3. The van der Waals surface area contributed by atoms with E-state index in [1.807, 2.05) is 0 Å². The van der Waals surface area contributed by atoms with Crippen molar-refractivity contribution in [1.82, 2.24) is 10.2 Å². The number of nitrogens with zero attached hydrogens (tertiary/aromatic N) is 1. The summed E-state index contributed by atoms with van der Waals surface area (Å²) in [7, 11) is 0. The molecule has 112 valence electrons. The lowest BCUT2D eigenvalue weighted by Crippen LogP contribution is -2.43. The SMILES string of the molecule is Cc1cc(C)c(C(C)CCCN2CCNCC2)cc1C. The predicted octanol–water partition coefficient (Wildman–Crippen LogP) is 3.40. The summed E-state index contributed by atoms with van der Waals surface area (Å²) < 4.78 is 0. The van der Waals surface area contributed by atoms with Crippen molar-refractivity contribution in [2.24, 2.45) is 0 Å². The molecule has 0 amide bonds. The van der Waals surface area contributed by atoms with Gasteiger partial charge in [0.05, 0.1) is 0 Å². The molecule has 0 saturated carbocycles. The van der Waals surface area contributed by atoms with E-state index in [4.69, 9.17) is 0 Å². The van der Waals surface area contributed by atoms with E-state index in [-0.39, 0.29) is 0 Å². The highest BCUT2D eigenvalue weighted by atomic mass is 15.2. The van der Waals surface area contributed by atoms with E-state index in [1.54, 1.807) is 5.56 Å². The molecule has 1 saturated heterocycles. The Balaban J connectivity index is 1.85. The third kappa shape index (κ3) is 4.07. The van der Waals surface area contributed by atoms with Gasteiger partial charge in [-0.1, -0.05) is 19.1 Å². The Bertz CT molecular complexity index is 433. The van der Waals surface area contributed by atoms with Crippen molar-refractivity contribution in [2.75, 3.05) is 32.7 Å².